The maximum Gasteiger partial charge on any atom is 0.408 e. The van der Waals surface area contributed by atoms with E-state index in [1.165, 1.54) is 0 Å². The first-order valence-corrected chi connectivity index (χ1v) is 5.85. The Balaban J connectivity index is 2.52. The van der Waals surface area contributed by atoms with Crippen LogP contribution in [-0.2, 0) is 9.53 Å². The second kappa shape index (κ2) is 5.71. The SMILES string of the molecule is CC(C)(C)OC(=O)N[C@@H](CC1C=CC=C1)C(=O)O. The third kappa shape index (κ3) is 5.03. The zero-order valence-corrected chi connectivity index (χ0v) is 10.8. The number of carbonyl (C=O) groups is 2. The summed E-state index contributed by atoms with van der Waals surface area (Å²) in [5.41, 5.74) is -0.639. The maximum absolute atomic E-state index is 11.5. The van der Waals surface area contributed by atoms with Crippen molar-refractivity contribution < 1.29 is 19.4 Å². The molecule has 100 valence electrons. The number of carbonyl (C=O) groups excluding carboxylic acids is 1. The molecule has 0 aromatic heterocycles. The molecule has 1 amide bonds. The average molecular weight is 253 g/mol. The summed E-state index contributed by atoms with van der Waals surface area (Å²) in [5.74, 6) is -1.02. The third-order valence-corrected chi connectivity index (χ3v) is 2.32. The first-order valence-electron chi connectivity index (χ1n) is 5.85. The Kier molecular flexibility index (Phi) is 4.53. The van der Waals surface area contributed by atoms with Crippen LogP contribution < -0.4 is 5.32 Å². The maximum atomic E-state index is 11.5. The van der Waals surface area contributed by atoms with Crippen LogP contribution in [0.5, 0.6) is 0 Å². The van der Waals surface area contributed by atoms with Gasteiger partial charge in [-0.3, -0.25) is 0 Å². The van der Waals surface area contributed by atoms with E-state index in [1.54, 1.807) is 20.8 Å². The number of ether oxygens (including phenoxy) is 1. The lowest BCUT2D eigenvalue weighted by Crippen LogP contribution is -2.44. The highest BCUT2D eigenvalue weighted by atomic mass is 16.6. The molecule has 18 heavy (non-hydrogen) atoms. The first-order chi connectivity index (χ1) is 8.28. The Morgan fingerprint density at radius 3 is 2.33 bits per heavy atom. The number of nitrogens with one attached hydrogen (secondary N) is 1. The summed E-state index contributed by atoms with van der Waals surface area (Å²) in [4.78, 5) is 22.6. The van der Waals surface area contributed by atoms with Crippen molar-refractivity contribution in [1.29, 1.82) is 0 Å². The predicted molar refractivity (Wildman–Crippen MR) is 67.2 cm³/mol. The fourth-order valence-corrected chi connectivity index (χ4v) is 1.58. The molecular formula is C13H19NO4. The average Bonchev–Trinajstić information content (AvgIpc) is 2.66. The van der Waals surface area contributed by atoms with Gasteiger partial charge in [0.2, 0.25) is 0 Å². The molecule has 1 aliphatic carbocycles. The Bertz CT molecular complexity index is 367. The summed E-state index contributed by atoms with van der Waals surface area (Å²) in [6.07, 6.45) is 7.12. The molecule has 1 rings (SSSR count). The molecule has 0 heterocycles. The number of alkyl carbamates (subject to hydrolysis) is 1. The molecule has 1 atom stereocenters. The van der Waals surface area contributed by atoms with Gasteiger partial charge in [-0.1, -0.05) is 24.3 Å². The van der Waals surface area contributed by atoms with Gasteiger partial charge >= 0.3 is 12.1 Å². The summed E-state index contributed by atoms with van der Waals surface area (Å²) in [6, 6.07) is -0.947. The summed E-state index contributed by atoms with van der Waals surface area (Å²) in [6.45, 7) is 5.18. The van der Waals surface area contributed by atoms with E-state index in [2.05, 4.69) is 5.32 Å². The summed E-state index contributed by atoms with van der Waals surface area (Å²) < 4.78 is 5.03. The van der Waals surface area contributed by atoms with Crippen molar-refractivity contribution in [2.24, 2.45) is 5.92 Å². The molecule has 0 aromatic carbocycles. The number of allylic oxidation sites excluding steroid dienone is 4. The quantitative estimate of drug-likeness (QED) is 0.804. The van der Waals surface area contributed by atoms with E-state index in [-0.39, 0.29) is 5.92 Å². The molecule has 0 radical (unpaired) electrons. The van der Waals surface area contributed by atoms with Gasteiger partial charge in [0.05, 0.1) is 0 Å². The predicted octanol–water partition coefficient (Wildman–Crippen LogP) is 2.10. The fraction of sp³-hybridized carbons (Fsp3) is 0.538. The molecule has 0 unspecified atom stereocenters. The van der Waals surface area contributed by atoms with Crippen LogP contribution >= 0.6 is 0 Å². The van der Waals surface area contributed by atoms with Gasteiger partial charge in [0.25, 0.3) is 0 Å². The van der Waals surface area contributed by atoms with E-state index in [1.807, 2.05) is 24.3 Å². The highest BCUT2D eigenvalue weighted by Crippen LogP contribution is 2.16. The number of amides is 1. The molecular weight excluding hydrogens is 234 g/mol. The molecule has 0 aromatic rings. The van der Waals surface area contributed by atoms with Crippen LogP contribution in [0.2, 0.25) is 0 Å². The lowest BCUT2D eigenvalue weighted by molar-refractivity contribution is -0.139. The zero-order valence-electron chi connectivity index (χ0n) is 10.8. The number of hydrogen-bond acceptors (Lipinski definition) is 3. The molecule has 5 heteroatoms. The highest BCUT2D eigenvalue weighted by molar-refractivity contribution is 5.80. The Morgan fingerprint density at radius 1 is 1.33 bits per heavy atom. The molecule has 0 aliphatic heterocycles. The molecule has 0 saturated carbocycles. The number of carboxylic acids is 1. The van der Waals surface area contributed by atoms with Crippen molar-refractivity contribution in [3.05, 3.63) is 24.3 Å². The molecule has 0 saturated heterocycles. The van der Waals surface area contributed by atoms with Crippen LogP contribution in [0, 0.1) is 5.92 Å². The molecule has 2 N–H and O–H groups in total. The fourth-order valence-electron chi connectivity index (χ4n) is 1.58. The monoisotopic (exact) mass is 253 g/mol. The minimum atomic E-state index is -1.06. The molecule has 5 nitrogen and oxygen atoms in total. The summed E-state index contributed by atoms with van der Waals surface area (Å²) >= 11 is 0. The van der Waals surface area contributed by atoms with Gasteiger partial charge in [0.1, 0.15) is 11.6 Å². The van der Waals surface area contributed by atoms with Gasteiger partial charge in [-0.2, -0.15) is 0 Å². The van der Waals surface area contributed by atoms with Crippen LogP contribution in [0.3, 0.4) is 0 Å². The van der Waals surface area contributed by atoms with Crippen molar-refractivity contribution in [2.75, 3.05) is 0 Å². The largest absolute Gasteiger partial charge is 0.480 e. The summed E-state index contributed by atoms with van der Waals surface area (Å²) in [7, 11) is 0. The van der Waals surface area contributed by atoms with Gasteiger partial charge < -0.3 is 15.2 Å². The smallest absolute Gasteiger partial charge is 0.408 e. The van der Waals surface area contributed by atoms with E-state index in [0.717, 1.165) is 0 Å². The van der Waals surface area contributed by atoms with Gasteiger partial charge in [-0.15, -0.1) is 0 Å². The Morgan fingerprint density at radius 2 is 1.89 bits per heavy atom. The van der Waals surface area contributed by atoms with Gasteiger partial charge in [0, 0.05) is 0 Å². The van der Waals surface area contributed by atoms with E-state index in [0.29, 0.717) is 6.42 Å². The van der Waals surface area contributed by atoms with Crippen LogP contribution in [-0.4, -0.2) is 28.8 Å². The molecule has 1 aliphatic rings. The van der Waals surface area contributed by atoms with E-state index >= 15 is 0 Å². The van der Waals surface area contributed by atoms with Crippen LogP contribution in [0.4, 0.5) is 4.79 Å². The van der Waals surface area contributed by atoms with E-state index < -0.39 is 23.7 Å². The number of hydrogen-bond donors (Lipinski definition) is 2. The Hall–Kier alpha value is -1.78. The van der Waals surface area contributed by atoms with E-state index in [9.17, 15) is 9.59 Å². The van der Waals surface area contributed by atoms with E-state index in [4.69, 9.17) is 9.84 Å². The van der Waals surface area contributed by atoms with Gasteiger partial charge in [-0.25, -0.2) is 9.59 Å². The number of rotatable bonds is 4. The number of aliphatic carboxylic acids is 1. The molecule has 0 spiro atoms. The van der Waals surface area contributed by atoms with Crippen molar-refractivity contribution in [3.8, 4) is 0 Å². The standard InChI is InChI=1S/C13H19NO4/c1-13(2,3)18-12(17)14-10(11(15)16)8-9-6-4-5-7-9/h4-7,9-10H,8H2,1-3H3,(H,14,17)(H,15,16)/t10-/m0/s1. The van der Waals surface area contributed by atoms with Gasteiger partial charge in [0.15, 0.2) is 0 Å². The van der Waals surface area contributed by atoms with Crippen molar-refractivity contribution in [3.63, 3.8) is 0 Å². The second-order valence-corrected chi connectivity index (χ2v) is 5.21. The van der Waals surface area contributed by atoms with Crippen molar-refractivity contribution in [1.82, 2.24) is 5.32 Å². The first kappa shape index (κ1) is 14.3. The molecule has 0 fully saturated rings. The third-order valence-electron chi connectivity index (χ3n) is 2.32. The van der Waals surface area contributed by atoms with Gasteiger partial charge in [-0.05, 0) is 33.1 Å². The normalized spacial score (nSPS) is 16.6. The zero-order chi connectivity index (χ0) is 13.8. The topological polar surface area (TPSA) is 75.6 Å². The number of carboxylic acid groups (broad SMARTS) is 1. The minimum absolute atomic E-state index is 0.0426. The molecule has 0 bridgehead atoms. The highest BCUT2D eigenvalue weighted by Gasteiger charge is 2.25. The van der Waals surface area contributed by atoms with Crippen LogP contribution in [0.1, 0.15) is 27.2 Å². The van der Waals surface area contributed by atoms with Crippen LogP contribution in [0.25, 0.3) is 0 Å². The lowest BCUT2D eigenvalue weighted by Gasteiger charge is -2.22. The van der Waals surface area contributed by atoms with Crippen molar-refractivity contribution >= 4 is 12.1 Å². The van der Waals surface area contributed by atoms with Crippen LogP contribution in [0.15, 0.2) is 24.3 Å². The summed E-state index contributed by atoms with van der Waals surface area (Å²) in [5, 5.41) is 11.4. The Labute approximate surface area is 107 Å². The minimum Gasteiger partial charge on any atom is -0.480 e. The second-order valence-electron chi connectivity index (χ2n) is 5.21. The lowest BCUT2D eigenvalue weighted by atomic mass is 10.0. The van der Waals surface area contributed by atoms with Crippen molar-refractivity contribution in [2.45, 2.75) is 38.8 Å².